The van der Waals surface area contributed by atoms with Crippen LogP contribution in [0.15, 0.2) is 6.07 Å². The molecular weight excluding hydrogens is 234 g/mol. The van der Waals surface area contributed by atoms with Gasteiger partial charge in [-0.3, -0.25) is 4.79 Å². The summed E-state index contributed by atoms with van der Waals surface area (Å²) in [5, 5.41) is 6.05. The molecule has 2 heterocycles. The minimum absolute atomic E-state index is 0.0929. The van der Waals surface area contributed by atoms with Crippen LogP contribution in [0, 0.1) is 0 Å². The maximum absolute atomic E-state index is 11.1. The summed E-state index contributed by atoms with van der Waals surface area (Å²) in [6.45, 7) is 0.920. The van der Waals surface area contributed by atoms with E-state index in [0.29, 0.717) is 37.0 Å². The zero-order chi connectivity index (χ0) is 13.0. The minimum atomic E-state index is 0.0929. The fraction of sp³-hybridized carbons (Fsp3) is 0.545. The number of hydrogen-bond donors (Lipinski definition) is 3. The van der Waals surface area contributed by atoms with Crippen molar-refractivity contribution in [2.45, 2.75) is 25.5 Å². The molecule has 7 nitrogen and oxygen atoms in total. The lowest BCUT2D eigenvalue weighted by Crippen LogP contribution is -2.42. The number of carbonyl (C=O) groups excluding carboxylic acids is 1. The molecule has 0 radical (unpaired) electrons. The number of nitrogens with two attached hydrogens (primary N) is 1. The molecule has 0 aliphatic carbocycles. The van der Waals surface area contributed by atoms with Crippen molar-refractivity contribution < 1.29 is 9.53 Å². The second-order valence-corrected chi connectivity index (χ2v) is 4.21. The minimum Gasteiger partial charge on any atom is -0.384 e. The Morgan fingerprint density at radius 1 is 1.61 bits per heavy atom. The number of ether oxygens (including phenoxy) is 1. The highest BCUT2D eigenvalue weighted by atomic mass is 16.5. The molecule has 1 fully saturated rings. The predicted molar refractivity (Wildman–Crippen MR) is 66.8 cm³/mol. The molecule has 7 heteroatoms. The third-order valence-electron chi connectivity index (χ3n) is 2.68. The van der Waals surface area contributed by atoms with E-state index in [4.69, 9.17) is 10.5 Å². The van der Waals surface area contributed by atoms with Crippen molar-refractivity contribution in [1.29, 1.82) is 0 Å². The van der Waals surface area contributed by atoms with Gasteiger partial charge in [-0.05, 0) is 6.42 Å². The van der Waals surface area contributed by atoms with Gasteiger partial charge in [0.05, 0.1) is 0 Å². The highest BCUT2D eigenvalue weighted by Gasteiger charge is 2.18. The first-order valence-corrected chi connectivity index (χ1v) is 5.83. The van der Waals surface area contributed by atoms with Crippen LogP contribution in [0.1, 0.15) is 18.7 Å². The first-order valence-electron chi connectivity index (χ1n) is 5.83. The average molecular weight is 251 g/mol. The van der Waals surface area contributed by atoms with Crippen LogP contribution in [0.2, 0.25) is 0 Å². The van der Waals surface area contributed by atoms with Gasteiger partial charge in [0.1, 0.15) is 18.2 Å². The monoisotopic (exact) mass is 251 g/mol. The van der Waals surface area contributed by atoms with Crippen molar-refractivity contribution in [1.82, 2.24) is 15.3 Å². The molecule has 1 atom stereocenters. The molecule has 1 unspecified atom stereocenters. The first kappa shape index (κ1) is 12.6. The van der Waals surface area contributed by atoms with E-state index in [1.807, 2.05) is 0 Å². The Hall–Kier alpha value is -1.89. The molecular formula is C11H17N5O2. The molecule has 1 aromatic rings. The van der Waals surface area contributed by atoms with E-state index in [1.165, 1.54) is 0 Å². The van der Waals surface area contributed by atoms with Crippen molar-refractivity contribution in [3.8, 4) is 0 Å². The van der Waals surface area contributed by atoms with Gasteiger partial charge in [0.15, 0.2) is 5.82 Å². The number of amides is 1. The average Bonchev–Trinajstić information content (AvgIpc) is 2.32. The van der Waals surface area contributed by atoms with Crippen LogP contribution in [0.5, 0.6) is 0 Å². The van der Waals surface area contributed by atoms with Gasteiger partial charge in [0.25, 0.3) is 0 Å². The van der Waals surface area contributed by atoms with Gasteiger partial charge in [-0.25, -0.2) is 9.97 Å². The lowest BCUT2D eigenvalue weighted by molar-refractivity contribution is -0.122. The van der Waals surface area contributed by atoms with E-state index in [9.17, 15) is 4.79 Å². The Balaban J connectivity index is 2.02. The van der Waals surface area contributed by atoms with E-state index in [0.717, 1.165) is 6.42 Å². The fourth-order valence-electron chi connectivity index (χ4n) is 1.85. The largest absolute Gasteiger partial charge is 0.384 e. The molecule has 1 amide bonds. The van der Waals surface area contributed by atoms with E-state index in [1.54, 1.807) is 13.2 Å². The molecule has 1 aromatic heterocycles. The van der Waals surface area contributed by atoms with E-state index >= 15 is 0 Å². The van der Waals surface area contributed by atoms with Crippen molar-refractivity contribution in [2.24, 2.45) is 0 Å². The number of nitrogens with one attached hydrogen (secondary N) is 2. The Labute approximate surface area is 105 Å². The van der Waals surface area contributed by atoms with Gasteiger partial charge in [-0.1, -0.05) is 0 Å². The Morgan fingerprint density at radius 2 is 2.44 bits per heavy atom. The lowest BCUT2D eigenvalue weighted by Gasteiger charge is -2.24. The summed E-state index contributed by atoms with van der Waals surface area (Å²) in [4.78, 5) is 19.4. The third kappa shape index (κ3) is 3.30. The standard InChI is InChI=1S/C11H17N5O2/c1-18-6-10-15-8(12)4-9(16-10)14-7-2-3-11(17)13-5-7/h4,7H,2-3,5-6H2,1H3,(H,13,17)(H3,12,14,15,16). The summed E-state index contributed by atoms with van der Waals surface area (Å²) < 4.78 is 4.98. The second kappa shape index (κ2) is 5.63. The highest BCUT2D eigenvalue weighted by molar-refractivity contribution is 5.77. The molecule has 0 bridgehead atoms. The quantitative estimate of drug-likeness (QED) is 0.690. The number of rotatable bonds is 4. The van der Waals surface area contributed by atoms with Crippen LogP contribution < -0.4 is 16.4 Å². The Morgan fingerprint density at radius 3 is 3.11 bits per heavy atom. The van der Waals surface area contributed by atoms with Gasteiger partial charge in [0.2, 0.25) is 5.91 Å². The van der Waals surface area contributed by atoms with Crippen molar-refractivity contribution in [3.05, 3.63) is 11.9 Å². The lowest BCUT2D eigenvalue weighted by atomic mass is 10.1. The number of aromatic nitrogens is 2. The summed E-state index contributed by atoms with van der Waals surface area (Å²) >= 11 is 0. The topological polar surface area (TPSA) is 102 Å². The van der Waals surface area contributed by atoms with Crippen LogP contribution in [0.3, 0.4) is 0 Å². The molecule has 98 valence electrons. The summed E-state index contributed by atoms with van der Waals surface area (Å²) in [5.74, 6) is 1.70. The maximum atomic E-state index is 11.1. The number of nitrogen functional groups attached to an aromatic ring is 1. The molecule has 0 saturated carbocycles. The van der Waals surface area contributed by atoms with Crippen molar-refractivity contribution >= 4 is 17.5 Å². The van der Waals surface area contributed by atoms with Crippen molar-refractivity contribution in [2.75, 3.05) is 24.7 Å². The number of carbonyl (C=O) groups is 1. The number of nitrogens with zero attached hydrogens (tertiary/aromatic N) is 2. The molecule has 1 aliphatic heterocycles. The number of hydrogen-bond acceptors (Lipinski definition) is 6. The zero-order valence-corrected chi connectivity index (χ0v) is 10.3. The number of anilines is 2. The summed E-state index contributed by atoms with van der Waals surface area (Å²) in [7, 11) is 1.58. The van der Waals surface area contributed by atoms with Gasteiger partial charge in [-0.2, -0.15) is 0 Å². The van der Waals surface area contributed by atoms with Crippen LogP contribution in [-0.2, 0) is 16.1 Å². The molecule has 0 aromatic carbocycles. The van der Waals surface area contributed by atoms with E-state index in [2.05, 4.69) is 20.6 Å². The zero-order valence-electron chi connectivity index (χ0n) is 10.3. The normalized spacial score (nSPS) is 19.4. The second-order valence-electron chi connectivity index (χ2n) is 4.21. The van der Waals surface area contributed by atoms with Crippen LogP contribution in [0.25, 0.3) is 0 Å². The van der Waals surface area contributed by atoms with Gasteiger partial charge in [-0.15, -0.1) is 0 Å². The number of piperidine rings is 1. The number of methoxy groups -OCH3 is 1. The molecule has 1 aliphatic rings. The van der Waals surface area contributed by atoms with Crippen LogP contribution in [0.4, 0.5) is 11.6 Å². The van der Waals surface area contributed by atoms with Crippen LogP contribution >= 0.6 is 0 Å². The SMILES string of the molecule is COCc1nc(N)cc(NC2CCC(=O)NC2)n1. The Bertz CT molecular complexity index is 427. The molecule has 18 heavy (non-hydrogen) atoms. The van der Waals surface area contributed by atoms with Crippen molar-refractivity contribution in [3.63, 3.8) is 0 Å². The van der Waals surface area contributed by atoms with E-state index < -0.39 is 0 Å². The predicted octanol–water partition coefficient (Wildman–Crippen LogP) is -0.104. The van der Waals surface area contributed by atoms with Gasteiger partial charge >= 0.3 is 0 Å². The maximum Gasteiger partial charge on any atom is 0.220 e. The molecule has 4 N–H and O–H groups in total. The first-order chi connectivity index (χ1) is 8.67. The summed E-state index contributed by atoms with van der Waals surface area (Å²) in [5.41, 5.74) is 5.70. The third-order valence-corrected chi connectivity index (χ3v) is 2.68. The molecule has 2 rings (SSSR count). The molecule has 1 saturated heterocycles. The smallest absolute Gasteiger partial charge is 0.220 e. The molecule has 0 spiro atoms. The van der Waals surface area contributed by atoms with E-state index in [-0.39, 0.29) is 11.9 Å². The Kier molecular flexibility index (Phi) is 3.93. The summed E-state index contributed by atoms with van der Waals surface area (Å²) in [6, 6.07) is 1.85. The van der Waals surface area contributed by atoms with Gasteiger partial charge < -0.3 is 21.1 Å². The highest BCUT2D eigenvalue weighted by Crippen LogP contribution is 2.13. The van der Waals surface area contributed by atoms with Gasteiger partial charge in [0, 0.05) is 32.2 Å². The van der Waals surface area contributed by atoms with Crippen LogP contribution in [-0.4, -0.2) is 35.6 Å². The summed E-state index contributed by atoms with van der Waals surface area (Å²) in [6.07, 6.45) is 1.32. The fourth-order valence-corrected chi connectivity index (χ4v) is 1.85.